The highest BCUT2D eigenvalue weighted by atomic mass is 16.5. The second-order valence-electron chi connectivity index (χ2n) is 4.79. The molecule has 0 spiro atoms. The Morgan fingerprint density at radius 2 is 1.42 bits per heavy atom. The fraction of sp³-hybridized carbons (Fsp3) is 0.900. The van der Waals surface area contributed by atoms with Gasteiger partial charge in [0.05, 0.1) is 12.8 Å². The van der Waals surface area contributed by atoms with Crippen molar-refractivity contribution in [3.8, 4) is 0 Å². The van der Waals surface area contributed by atoms with E-state index in [-0.39, 0.29) is 0 Å². The zero-order valence-corrected chi connectivity index (χ0v) is 17.9. The molecule has 0 bridgehead atoms. The first-order chi connectivity index (χ1) is 11.9. The number of aryl methyl sites for hydroxylation is 1. The molecule has 146 valence electrons. The molecule has 4 heteroatoms. The minimum Gasteiger partial charge on any atom is -0.375 e. The first kappa shape index (κ1) is 27.9. The van der Waals surface area contributed by atoms with Crippen LogP contribution in [0.3, 0.4) is 0 Å². The molecule has 0 aliphatic heterocycles. The molecule has 0 unspecified atom stereocenters. The van der Waals surface area contributed by atoms with Crippen molar-refractivity contribution in [3.05, 3.63) is 11.9 Å². The summed E-state index contributed by atoms with van der Waals surface area (Å²) in [5.41, 5.74) is 0.939. The summed E-state index contributed by atoms with van der Waals surface area (Å²) in [7, 11) is 0. The Hall–Kier alpha value is -0.900. The molecule has 0 saturated carbocycles. The summed E-state index contributed by atoms with van der Waals surface area (Å²) in [6.07, 6.45) is 10.9. The molecule has 0 radical (unpaired) electrons. The van der Waals surface area contributed by atoms with E-state index in [2.05, 4.69) is 24.2 Å². The average Bonchev–Trinajstić information content (AvgIpc) is 3.11. The van der Waals surface area contributed by atoms with E-state index in [0.29, 0.717) is 6.61 Å². The normalized spacial score (nSPS) is 9.00. The lowest BCUT2D eigenvalue weighted by molar-refractivity contribution is 0.119. The second-order valence-corrected chi connectivity index (χ2v) is 4.79. The second kappa shape index (κ2) is 27.0. The zero-order chi connectivity index (χ0) is 19.1. The van der Waals surface area contributed by atoms with Crippen LogP contribution in [0.15, 0.2) is 6.20 Å². The van der Waals surface area contributed by atoms with Gasteiger partial charge in [0.25, 0.3) is 0 Å². The van der Waals surface area contributed by atoms with Crippen LogP contribution in [0.1, 0.15) is 106 Å². The molecule has 0 aliphatic rings. The molecule has 0 atom stereocenters. The van der Waals surface area contributed by atoms with E-state index in [1.54, 1.807) is 0 Å². The lowest BCUT2D eigenvalue weighted by Crippen LogP contribution is -1.98. The Bertz CT molecular complexity index is 301. The van der Waals surface area contributed by atoms with Crippen molar-refractivity contribution in [2.45, 2.75) is 113 Å². The van der Waals surface area contributed by atoms with E-state index in [1.165, 1.54) is 38.5 Å². The molecule has 0 fully saturated rings. The average molecular weight is 344 g/mol. The Labute approximate surface area is 152 Å². The van der Waals surface area contributed by atoms with Gasteiger partial charge >= 0.3 is 0 Å². The summed E-state index contributed by atoms with van der Waals surface area (Å²) in [6, 6.07) is 0. The monoisotopic (exact) mass is 343 g/mol. The lowest BCUT2D eigenvalue weighted by Gasteiger charge is -2.00. The maximum Gasteiger partial charge on any atom is 0.108 e. The Morgan fingerprint density at radius 3 is 2.00 bits per heavy atom. The molecule has 1 rings (SSSR count). The number of unbranched alkanes of at least 4 members (excludes halogenated alkanes) is 5. The first-order valence-corrected chi connectivity index (χ1v) is 10.3. The van der Waals surface area contributed by atoms with Crippen LogP contribution in [-0.2, 0) is 17.9 Å². The van der Waals surface area contributed by atoms with Crippen LogP contribution in [0, 0.1) is 0 Å². The molecular formula is C20H45N3O. The third-order valence-electron chi connectivity index (χ3n) is 2.93. The van der Waals surface area contributed by atoms with Crippen molar-refractivity contribution in [2.24, 2.45) is 0 Å². The predicted molar refractivity (Wildman–Crippen MR) is 107 cm³/mol. The highest BCUT2D eigenvalue weighted by Crippen LogP contribution is 2.06. The Balaban J connectivity index is -0.000000659. The number of hydrogen-bond acceptors (Lipinski definition) is 3. The minimum atomic E-state index is 0.588. The molecule has 1 heterocycles. The molecular weight excluding hydrogens is 298 g/mol. The molecule has 0 saturated heterocycles. The van der Waals surface area contributed by atoms with Crippen LogP contribution in [0.25, 0.3) is 0 Å². The number of ether oxygens (including phenoxy) is 1. The fourth-order valence-corrected chi connectivity index (χ4v) is 1.89. The van der Waals surface area contributed by atoms with Crippen LogP contribution in [0.5, 0.6) is 0 Å². The van der Waals surface area contributed by atoms with E-state index in [1.807, 2.05) is 52.4 Å². The highest BCUT2D eigenvalue weighted by Gasteiger charge is 2.00. The smallest absolute Gasteiger partial charge is 0.108 e. The number of nitrogens with zero attached hydrogens (tertiary/aromatic N) is 3. The molecule has 0 aromatic carbocycles. The molecule has 24 heavy (non-hydrogen) atoms. The van der Waals surface area contributed by atoms with E-state index in [4.69, 9.17) is 4.74 Å². The van der Waals surface area contributed by atoms with Crippen molar-refractivity contribution in [3.63, 3.8) is 0 Å². The van der Waals surface area contributed by atoms with Gasteiger partial charge in [-0.05, 0) is 12.8 Å². The Kier molecular flexibility index (Phi) is 31.4. The molecule has 0 aliphatic carbocycles. The highest BCUT2D eigenvalue weighted by molar-refractivity contribution is 4.89. The van der Waals surface area contributed by atoms with Crippen LogP contribution in [0.2, 0.25) is 0 Å². The van der Waals surface area contributed by atoms with Crippen molar-refractivity contribution in [2.75, 3.05) is 6.61 Å². The summed E-state index contributed by atoms with van der Waals surface area (Å²) in [4.78, 5) is 0. The van der Waals surface area contributed by atoms with Crippen molar-refractivity contribution >= 4 is 0 Å². The summed E-state index contributed by atoms with van der Waals surface area (Å²) < 4.78 is 7.37. The van der Waals surface area contributed by atoms with Crippen LogP contribution >= 0.6 is 0 Å². The van der Waals surface area contributed by atoms with Gasteiger partial charge in [-0.2, -0.15) is 0 Å². The third-order valence-corrected chi connectivity index (χ3v) is 2.93. The molecule has 4 nitrogen and oxygen atoms in total. The van der Waals surface area contributed by atoms with Gasteiger partial charge in [0.1, 0.15) is 5.69 Å². The first-order valence-electron chi connectivity index (χ1n) is 10.3. The quantitative estimate of drug-likeness (QED) is 0.422. The van der Waals surface area contributed by atoms with Gasteiger partial charge in [-0.1, -0.05) is 92.7 Å². The van der Waals surface area contributed by atoms with Gasteiger partial charge in [0.15, 0.2) is 0 Å². The standard InChI is InChI=1S/C14H27N3O.3C2H6/c1-3-5-6-7-8-9-10-17-12-14(15-16-17)13-18-11-4-2;3*1-2/h12H,3-11,13H2,1-2H3;3*1-2H3. The molecule has 1 aromatic rings. The zero-order valence-electron chi connectivity index (χ0n) is 17.9. The SMILES string of the molecule is CC.CC.CC.CCCCCCCCn1cc(COCCC)nn1. The number of rotatable bonds is 11. The largest absolute Gasteiger partial charge is 0.375 e. The van der Waals surface area contributed by atoms with E-state index >= 15 is 0 Å². The maximum atomic E-state index is 5.44. The van der Waals surface area contributed by atoms with Gasteiger partial charge in [-0.15, -0.1) is 5.10 Å². The predicted octanol–water partition coefficient (Wildman–Crippen LogP) is 6.64. The molecule has 0 amide bonds. The van der Waals surface area contributed by atoms with E-state index in [9.17, 15) is 0 Å². The van der Waals surface area contributed by atoms with Gasteiger partial charge in [-0.25, -0.2) is 0 Å². The Morgan fingerprint density at radius 1 is 0.833 bits per heavy atom. The summed E-state index contributed by atoms with van der Waals surface area (Å²) in [5.74, 6) is 0. The van der Waals surface area contributed by atoms with Gasteiger partial charge in [0.2, 0.25) is 0 Å². The molecule has 1 aromatic heterocycles. The number of hydrogen-bond donors (Lipinski definition) is 0. The van der Waals surface area contributed by atoms with Gasteiger partial charge in [-0.3, -0.25) is 4.68 Å². The van der Waals surface area contributed by atoms with Crippen LogP contribution in [0.4, 0.5) is 0 Å². The summed E-state index contributed by atoms with van der Waals surface area (Å²) >= 11 is 0. The topological polar surface area (TPSA) is 39.9 Å². The fourth-order valence-electron chi connectivity index (χ4n) is 1.89. The van der Waals surface area contributed by atoms with Crippen molar-refractivity contribution in [1.29, 1.82) is 0 Å². The van der Waals surface area contributed by atoms with E-state index < -0.39 is 0 Å². The van der Waals surface area contributed by atoms with Gasteiger partial charge in [0, 0.05) is 13.2 Å². The van der Waals surface area contributed by atoms with Crippen LogP contribution < -0.4 is 0 Å². The van der Waals surface area contributed by atoms with Crippen molar-refractivity contribution < 1.29 is 4.74 Å². The maximum absolute atomic E-state index is 5.44. The van der Waals surface area contributed by atoms with Crippen LogP contribution in [-0.4, -0.2) is 21.6 Å². The van der Waals surface area contributed by atoms with Gasteiger partial charge < -0.3 is 4.74 Å². The van der Waals surface area contributed by atoms with Crippen molar-refractivity contribution in [1.82, 2.24) is 15.0 Å². The summed E-state index contributed by atoms with van der Waals surface area (Å²) in [5, 5.41) is 8.22. The molecule has 0 N–H and O–H groups in total. The van der Waals surface area contributed by atoms with E-state index in [0.717, 1.165) is 25.3 Å². The number of aromatic nitrogens is 3. The third kappa shape index (κ3) is 19.1. The lowest BCUT2D eigenvalue weighted by atomic mass is 10.1. The minimum absolute atomic E-state index is 0.588. The summed E-state index contributed by atoms with van der Waals surface area (Å²) in [6.45, 7) is 18.7.